The minimum Gasteiger partial charge on any atom is -0.344 e. The van der Waals surface area contributed by atoms with E-state index in [9.17, 15) is 19.2 Å². The number of aromatic nitrogens is 1. The van der Waals surface area contributed by atoms with E-state index in [1.54, 1.807) is 0 Å². The van der Waals surface area contributed by atoms with Crippen LogP contribution in [0.1, 0.15) is 36.0 Å². The number of para-hydroxylation sites is 1. The van der Waals surface area contributed by atoms with E-state index in [2.05, 4.69) is 20.7 Å². The average molecular weight is 445 g/mol. The summed E-state index contributed by atoms with van der Waals surface area (Å²) in [5.74, 6) is 3.76. The van der Waals surface area contributed by atoms with E-state index in [1.807, 2.05) is 24.3 Å². The number of fused-ring (bicyclic) bond motifs is 1. The lowest BCUT2D eigenvalue weighted by Gasteiger charge is -2.24. The van der Waals surface area contributed by atoms with Gasteiger partial charge in [0.05, 0.1) is 29.1 Å². The van der Waals surface area contributed by atoms with Crippen molar-refractivity contribution in [1.82, 2.24) is 20.6 Å². The fourth-order valence-corrected chi connectivity index (χ4v) is 4.38. The zero-order chi connectivity index (χ0) is 22.4. The van der Waals surface area contributed by atoms with Gasteiger partial charge in [-0.1, -0.05) is 12.1 Å². The Kier molecular flexibility index (Phi) is 7.42. The third kappa shape index (κ3) is 5.50. The maximum atomic E-state index is 13.2. The van der Waals surface area contributed by atoms with Crippen LogP contribution in [0.4, 0.5) is 0 Å². The molecule has 0 bridgehead atoms. The van der Waals surface area contributed by atoms with Crippen LogP contribution in [0.5, 0.6) is 0 Å². The van der Waals surface area contributed by atoms with Crippen LogP contribution in [0.15, 0.2) is 29.3 Å². The summed E-state index contributed by atoms with van der Waals surface area (Å²) in [5.41, 5.74) is 3.01. The largest absolute Gasteiger partial charge is 0.344 e. The molecule has 1 aliphatic rings. The number of ketones is 2. The molecule has 0 radical (unpaired) electrons. The number of nitrogens with two attached hydrogens (primary N) is 1. The second kappa shape index (κ2) is 10.2. The third-order valence-electron chi connectivity index (χ3n) is 4.93. The van der Waals surface area contributed by atoms with E-state index in [0.717, 1.165) is 4.70 Å². The number of Topliss-reactive ketones (excluding diaryl/α,β-unsaturated/α-hetero) is 2. The molecule has 2 amide bonds. The summed E-state index contributed by atoms with van der Waals surface area (Å²) in [6, 6.07) is 5.64. The molecule has 11 heteroatoms. The highest BCUT2D eigenvalue weighted by molar-refractivity contribution is 7.20. The van der Waals surface area contributed by atoms with Gasteiger partial charge in [0.1, 0.15) is 6.04 Å². The molecule has 0 spiro atoms. The number of aliphatic imine (C=N–C) groups is 1. The topological polar surface area (TPSA) is 147 Å². The Labute approximate surface area is 182 Å². The second-order valence-corrected chi connectivity index (χ2v) is 8.19. The molecule has 2 heterocycles. The van der Waals surface area contributed by atoms with Gasteiger partial charge in [0.15, 0.2) is 10.8 Å². The summed E-state index contributed by atoms with van der Waals surface area (Å²) in [7, 11) is 0. The van der Waals surface area contributed by atoms with Crippen LogP contribution in [0.2, 0.25) is 0 Å². The van der Waals surface area contributed by atoms with Gasteiger partial charge in [0.25, 0.3) is 0 Å². The number of rotatable bonds is 9. The van der Waals surface area contributed by atoms with Crippen LogP contribution in [0.25, 0.3) is 10.2 Å². The minimum atomic E-state index is -0.907. The van der Waals surface area contributed by atoms with Crippen LogP contribution < -0.4 is 16.6 Å². The lowest BCUT2D eigenvalue weighted by Crippen LogP contribution is -2.50. The first kappa shape index (κ1) is 22.5. The van der Waals surface area contributed by atoms with Crippen molar-refractivity contribution < 1.29 is 19.2 Å². The molecule has 164 valence electrons. The number of carbonyl (C=O) groups excluding carboxylic acids is 4. The molecular weight excluding hydrogens is 420 g/mol. The van der Waals surface area contributed by atoms with Gasteiger partial charge in [-0.3, -0.25) is 24.2 Å². The third-order valence-corrected chi connectivity index (χ3v) is 5.99. The van der Waals surface area contributed by atoms with E-state index in [-0.39, 0.29) is 30.4 Å². The van der Waals surface area contributed by atoms with Gasteiger partial charge in [-0.15, -0.1) is 11.3 Å². The number of thiazole rings is 1. The number of likely N-dealkylation sites (tertiary alicyclic amines) is 1. The van der Waals surface area contributed by atoms with E-state index in [1.165, 1.54) is 29.5 Å². The van der Waals surface area contributed by atoms with Crippen LogP contribution in [0.3, 0.4) is 0 Å². The molecule has 2 aromatic rings. The Morgan fingerprint density at radius 1 is 1.39 bits per heavy atom. The van der Waals surface area contributed by atoms with Crippen molar-refractivity contribution >= 4 is 51.3 Å². The Balaban J connectivity index is 1.77. The fourth-order valence-electron chi connectivity index (χ4n) is 3.42. The number of carbonyl (C=O) groups is 4. The fraction of sp³-hybridized carbons (Fsp3) is 0.400. The number of amides is 2. The molecule has 1 saturated heterocycles. The van der Waals surface area contributed by atoms with Gasteiger partial charge < -0.3 is 15.6 Å². The Morgan fingerprint density at radius 3 is 2.87 bits per heavy atom. The summed E-state index contributed by atoms with van der Waals surface area (Å²) in [4.78, 5) is 59.3. The van der Waals surface area contributed by atoms with Crippen molar-refractivity contribution in [1.29, 1.82) is 0 Å². The van der Waals surface area contributed by atoms with Gasteiger partial charge in [-0.2, -0.15) is 0 Å². The van der Waals surface area contributed by atoms with Crippen molar-refractivity contribution in [2.45, 2.75) is 38.3 Å². The van der Waals surface area contributed by atoms with E-state index in [4.69, 9.17) is 5.84 Å². The quantitative estimate of drug-likeness (QED) is 0.127. The summed E-state index contributed by atoms with van der Waals surface area (Å²) in [6.07, 6.45) is 2.13. The Morgan fingerprint density at radius 2 is 2.16 bits per heavy atom. The van der Waals surface area contributed by atoms with Crippen LogP contribution in [0, 0.1) is 0 Å². The zero-order valence-corrected chi connectivity index (χ0v) is 17.9. The zero-order valence-electron chi connectivity index (χ0n) is 17.0. The Bertz CT molecular complexity index is 987. The maximum Gasteiger partial charge on any atom is 0.243 e. The number of benzene rings is 1. The van der Waals surface area contributed by atoms with Crippen LogP contribution in [-0.4, -0.2) is 64.8 Å². The summed E-state index contributed by atoms with van der Waals surface area (Å²) < 4.78 is 0.874. The van der Waals surface area contributed by atoms with Crippen molar-refractivity contribution in [3.63, 3.8) is 0 Å². The normalized spacial score (nSPS) is 17.3. The van der Waals surface area contributed by atoms with Crippen LogP contribution >= 0.6 is 11.3 Å². The SMILES string of the molecule is CC(=O)N1CC(=O)C[C@H]1C(=O)NC(CCCN=CNN)C(=O)c1nc2ccccc2s1. The number of hydrogen-bond acceptors (Lipinski definition) is 8. The lowest BCUT2D eigenvalue weighted by atomic mass is 10.1. The molecule has 1 aromatic heterocycles. The van der Waals surface area contributed by atoms with Gasteiger partial charge in [-0.05, 0) is 25.0 Å². The lowest BCUT2D eigenvalue weighted by molar-refractivity contribution is -0.137. The number of hydrogen-bond donors (Lipinski definition) is 3. The first-order chi connectivity index (χ1) is 14.9. The minimum absolute atomic E-state index is 0.0556. The molecular formula is C20H24N6O4S. The van der Waals surface area contributed by atoms with E-state index >= 15 is 0 Å². The predicted octanol–water partition coefficient (Wildman–Crippen LogP) is 0.426. The van der Waals surface area contributed by atoms with Gasteiger partial charge in [0.2, 0.25) is 17.6 Å². The molecule has 10 nitrogen and oxygen atoms in total. The number of hydrazine groups is 1. The highest BCUT2D eigenvalue weighted by atomic mass is 32.1. The number of nitrogens with one attached hydrogen (secondary N) is 2. The summed E-state index contributed by atoms with van der Waals surface area (Å²) in [5, 5.41) is 3.03. The molecule has 3 rings (SSSR count). The summed E-state index contributed by atoms with van der Waals surface area (Å²) >= 11 is 1.26. The first-order valence-electron chi connectivity index (χ1n) is 9.84. The van der Waals surface area contributed by atoms with Crippen molar-refractivity contribution in [3.8, 4) is 0 Å². The first-order valence-corrected chi connectivity index (χ1v) is 10.7. The van der Waals surface area contributed by atoms with Crippen molar-refractivity contribution in [2.24, 2.45) is 10.8 Å². The van der Waals surface area contributed by atoms with Gasteiger partial charge >= 0.3 is 0 Å². The highest BCUT2D eigenvalue weighted by Gasteiger charge is 2.38. The standard InChI is InChI=1S/C20H24N6O4S/c1-12(27)26-10-13(28)9-16(26)19(30)24-15(6-4-8-22-11-23-21)18(29)20-25-14-5-2-3-7-17(14)31-20/h2-3,5,7,11,15-16H,4,6,8-10,21H2,1H3,(H,22,23)(H,24,30)/t15?,16-/m0/s1. The van der Waals surface area contributed by atoms with Gasteiger partial charge in [-0.25, -0.2) is 10.8 Å². The molecule has 4 N–H and O–H groups in total. The van der Waals surface area contributed by atoms with Crippen molar-refractivity contribution in [2.75, 3.05) is 13.1 Å². The smallest absolute Gasteiger partial charge is 0.243 e. The van der Waals surface area contributed by atoms with Crippen LogP contribution in [-0.2, 0) is 14.4 Å². The predicted molar refractivity (Wildman–Crippen MR) is 117 cm³/mol. The van der Waals surface area contributed by atoms with E-state index in [0.29, 0.717) is 29.9 Å². The highest BCUT2D eigenvalue weighted by Crippen LogP contribution is 2.24. The number of nitrogens with zero attached hydrogens (tertiary/aromatic N) is 3. The molecule has 1 fully saturated rings. The molecule has 1 aromatic carbocycles. The average Bonchev–Trinajstić information content (AvgIpc) is 3.35. The summed E-state index contributed by atoms with van der Waals surface area (Å²) in [6.45, 7) is 1.63. The molecule has 1 aliphatic heterocycles. The molecule has 0 aliphatic carbocycles. The molecule has 31 heavy (non-hydrogen) atoms. The molecule has 2 atom stereocenters. The Hall–Kier alpha value is -3.18. The monoisotopic (exact) mass is 444 g/mol. The van der Waals surface area contributed by atoms with Gasteiger partial charge in [0, 0.05) is 19.9 Å². The maximum absolute atomic E-state index is 13.2. The van der Waals surface area contributed by atoms with Crippen molar-refractivity contribution in [3.05, 3.63) is 29.3 Å². The molecule has 1 unspecified atom stereocenters. The molecule has 0 saturated carbocycles. The second-order valence-electron chi connectivity index (χ2n) is 7.16. The van der Waals surface area contributed by atoms with E-state index < -0.39 is 18.0 Å².